The van der Waals surface area contributed by atoms with Gasteiger partial charge in [-0.15, -0.1) is 0 Å². The third-order valence-electron chi connectivity index (χ3n) is 4.90. The Labute approximate surface area is 141 Å². The second kappa shape index (κ2) is 9.74. The van der Waals surface area contributed by atoms with E-state index in [1.807, 2.05) is 0 Å². The Morgan fingerprint density at radius 1 is 0.913 bits per heavy atom. The van der Waals surface area contributed by atoms with Crippen molar-refractivity contribution in [1.29, 1.82) is 0 Å². The molecule has 1 aliphatic rings. The minimum atomic E-state index is 0.698. The number of aryl methyl sites for hydroxylation is 1. The van der Waals surface area contributed by atoms with Crippen LogP contribution in [0.4, 0.5) is 11.8 Å². The van der Waals surface area contributed by atoms with Crippen LogP contribution in [0.3, 0.4) is 0 Å². The van der Waals surface area contributed by atoms with Gasteiger partial charge in [-0.1, -0.05) is 45.4 Å². The maximum Gasteiger partial charge on any atom is 0.227 e. The number of hydrogen-bond donors (Lipinski definition) is 1. The van der Waals surface area contributed by atoms with Crippen molar-refractivity contribution in [2.45, 2.75) is 84.5 Å². The van der Waals surface area contributed by atoms with Gasteiger partial charge in [-0.2, -0.15) is 4.98 Å². The van der Waals surface area contributed by atoms with Crippen LogP contribution in [0.1, 0.15) is 82.4 Å². The summed E-state index contributed by atoms with van der Waals surface area (Å²) in [5.74, 6) is 1.53. The number of hydrogen-bond acceptors (Lipinski definition) is 4. The predicted octanol–water partition coefficient (Wildman–Crippen LogP) is 4.65. The van der Waals surface area contributed by atoms with Crippen molar-refractivity contribution in [3.63, 3.8) is 0 Å². The van der Waals surface area contributed by atoms with Gasteiger partial charge in [-0.05, 0) is 39.0 Å². The van der Waals surface area contributed by atoms with Crippen LogP contribution in [0.25, 0.3) is 0 Å². The lowest BCUT2D eigenvalue weighted by atomic mass is 10.0. The Morgan fingerprint density at radius 3 is 2.22 bits per heavy atom. The summed E-state index contributed by atoms with van der Waals surface area (Å²) in [6, 6.07) is 0. The topological polar surface area (TPSA) is 55.0 Å². The summed E-state index contributed by atoms with van der Waals surface area (Å²) in [5, 5.41) is 0. The van der Waals surface area contributed by atoms with Gasteiger partial charge >= 0.3 is 0 Å². The van der Waals surface area contributed by atoms with Crippen LogP contribution in [0.5, 0.6) is 0 Å². The molecule has 0 radical (unpaired) electrons. The van der Waals surface area contributed by atoms with Gasteiger partial charge in [-0.25, -0.2) is 4.98 Å². The Morgan fingerprint density at radius 2 is 1.57 bits per heavy atom. The summed E-state index contributed by atoms with van der Waals surface area (Å²) in [7, 11) is 0. The standard InChI is InChI=1S/C19H34N4/c1-3-4-5-6-7-8-10-13-17-16(2)21-19(22-18(17)20)23-14-11-9-12-15-23/h3-15H2,1-2H3,(H2,20,21,22). The van der Waals surface area contributed by atoms with Crippen LogP contribution in [-0.2, 0) is 6.42 Å². The first kappa shape index (κ1) is 18.0. The van der Waals surface area contributed by atoms with Crippen LogP contribution in [0.15, 0.2) is 0 Å². The molecule has 2 heterocycles. The fourth-order valence-corrected chi connectivity index (χ4v) is 3.41. The van der Waals surface area contributed by atoms with Gasteiger partial charge in [0.15, 0.2) is 0 Å². The largest absolute Gasteiger partial charge is 0.383 e. The number of aromatic nitrogens is 2. The van der Waals surface area contributed by atoms with Crippen molar-refractivity contribution in [1.82, 2.24) is 9.97 Å². The molecular weight excluding hydrogens is 284 g/mol. The quantitative estimate of drug-likeness (QED) is 0.673. The fourth-order valence-electron chi connectivity index (χ4n) is 3.41. The molecule has 1 fully saturated rings. The molecule has 1 aliphatic heterocycles. The Kier molecular flexibility index (Phi) is 7.63. The highest BCUT2D eigenvalue weighted by molar-refractivity contribution is 5.48. The molecule has 0 aliphatic carbocycles. The monoisotopic (exact) mass is 318 g/mol. The van der Waals surface area contributed by atoms with Gasteiger partial charge in [0, 0.05) is 24.3 Å². The highest BCUT2D eigenvalue weighted by atomic mass is 15.3. The first-order valence-electron chi connectivity index (χ1n) is 9.60. The lowest BCUT2D eigenvalue weighted by Gasteiger charge is -2.27. The maximum absolute atomic E-state index is 6.23. The van der Waals surface area contributed by atoms with Crippen LogP contribution in [0.2, 0.25) is 0 Å². The van der Waals surface area contributed by atoms with Crippen molar-refractivity contribution in [2.75, 3.05) is 23.7 Å². The van der Waals surface area contributed by atoms with Crippen LogP contribution < -0.4 is 10.6 Å². The minimum absolute atomic E-state index is 0.698. The van der Waals surface area contributed by atoms with Crippen molar-refractivity contribution >= 4 is 11.8 Å². The van der Waals surface area contributed by atoms with E-state index >= 15 is 0 Å². The summed E-state index contributed by atoms with van der Waals surface area (Å²) >= 11 is 0. The number of anilines is 2. The fraction of sp³-hybridized carbons (Fsp3) is 0.789. The van der Waals surface area contributed by atoms with E-state index in [2.05, 4.69) is 23.7 Å². The number of nitrogens with two attached hydrogens (primary N) is 1. The Balaban J connectivity index is 1.82. The highest BCUT2D eigenvalue weighted by Crippen LogP contribution is 2.22. The molecule has 130 valence electrons. The smallest absolute Gasteiger partial charge is 0.227 e. The molecule has 0 spiro atoms. The van der Waals surface area contributed by atoms with Crippen LogP contribution in [-0.4, -0.2) is 23.1 Å². The van der Waals surface area contributed by atoms with E-state index in [1.165, 1.54) is 69.8 Å². The second-order valence-corrected chi connectivity index (χ2v) is 6.89. The van der Waals surface area contributed by atoms with Crippen LogP contribution in [0, 0.1) is 6.92 Å². The van der Waals surface area contributed by atoms with E-state index in [9.17, 15) is 0 Å². The van der Waals surface area contributed by atoms with E-state index in [0.29, 0.717) is 5.82 Å². The third kappa shape index (κ3) is 5.67. The molecule has 0 unspecified atom stereocenters. The highest BCUT2D eigenvalue weighted by Gasteiger charge is 2.16. The number of piperidine rings is 1. The third-order valence-corrected chi connectivity index (χ3v) is 4.90. The molecule has 1 aromatic rings. The zero-order valence-corrected chi connectivity index (χ0v) is 15.1. The molecule has 4 nitrogen and oxygen atoms in total. The Bertz CT molecular complexity index is 443. The van der Waals surface area contributed by atoms with Crippen molar-refractivity contribution in [3.8, 4) is 0 Å². The number of unbranched alkanes of at least 4 members (excludes halogenated alkanes) is 6. The molecule has 0 amide bonds. The van der Waals surface area contributed by atoms with E-state index in [-0.39, 0.29) is 0 Å². The van der Waals surface area contributed by atoms with Gasteiger partial charge in [0.2, 0.25) is 5.95 Å². The van der Waals surface area contributed by atoms with E-state index < -0.39 is 0 Å². The zero-order chi connectivity index (χ0) is 16.5. The summed E-state index contributed by atoms with van der Waals surface area (Å²) in [4.78, 5) is 11.6. The lowest BCUT2D eigenvalue weighted by Crippen LogP contribution is -2.31. The molecule has 4 heteroatoms. The molecule has 1 saturated heterocycles. The van der Waals surface area contributed by atoms with Crippen molar-refractivity contribution in [2.24, 2.45) is 0 Å². The van der Waals surface area contributed by atoms with Gasteiger partial charge in [0.25, 0.3) is 0 Å². The SMILES string of the molecule is CCCCCCCCCc1c(C)nc(N2CCCCC2)nc1N. The Hall–Kier alpha value is -1.32. The molecule has 2 rings (SSSR count). The lowest BCUT2D eigenvalue weighted by molar-refractivity contribution is 0.567. The second-order valence-electron chi connectivity index (χ2n) is 6.89. The molecule has 0 bridgehead atoms. The normalized spacial score (nSPS) is 15.1. The maximum atomic E-state index is 6.23. The first-order chi connectivity index (χ1) is 11.2. The summed E-state index contributed by atoms with van der Waals surface area (Å²) in [6.07, 6.45) is 14.1. The van der Waals surface area contributed by atoms with Crippen LogP contribution >= 0.6 is 0 Å². The van der Waals surface area contributed by atoms with Gasteiger partial charge in [0.05, 0.1) is 0 Å². The predicted molar refractivity (Wildman–Crippen MR) is 98.9 cm³/mol. The molecule has 2 N–H and O–H groups in total. The van der Waals surface area contributed by atoms with E-state index in [0.717, 1.165) is 31.2 Å². The molecule has 0 aromatic carbocycles. The van der Waals surface area contributed by atoms with E-state index in [4.69, 9.17) is 10.7 Å². The summed E-state index contributed by atoms with van der Waals surface area (Å²) in [5.41, 5.74) is 8.47. The molecular formula is C19H34N4. The van der Waals surface area contributed by atoms with Gasteiger partial charge in [-0.3, -0.25) is 0 Å². The van der Waals surface area contributed by atoms with E-state index in [1.54, 1.807) is 0 Å². The average Bonchev–Trinajstić information content (AvgIpc) is 2.56. The number of rotatable bonds is 9. The molecule has 0 saturated carbocycles. The van der Waals surface area contributed by atoms with Crippen molar-refractivity contribution < 1.29 is 0 Å². The zero-order valence-electron chi connectivity index (χ0n) is 15.1. The molecule has 1 aromatic heterocycles. The first-order valence-corrected chi connectivity index (χ1v) is 9.60. The molecule has 23 heavy (non-hydrogen) atoms. The molecule has 0 atom stereocenters. The van der Waals surface area contributed by atoms with Crippen molar-refractivity contribution in [3.05, 3.63) is 11.3 Å². The average molecular weight is 319 g/mol. The summed E-state index contributed by atoms with van der Waals surface area (Å²) < 4.78 is 0. The van der Waals surface area contributed by atoms with Gasteiger partial charge in [0.1, 0.15) is 5.82 Å². The number of nitrogen functional groups attached to an aromatic ring is 1. The summed E-state index contributed by atoms with van der Waals surface area (Å²) in [6.45, 7) is 6.48. The number of nitrogens with zero attached hydrogens (tertiary/aromatic N) is 3. The minimum Gasteiger partial charge on any atom is -0.383 e. The van der Waals surface area contributed by atoms with Gasteiger partial charge < -0.3 is 10.6 Å².